The molecule has 0 fully saturated rings. The minimum absolute atomic E-state index is 0.287. The third kappa shape index (κ3) is 3.63. The van der Waals surface area contributed by atoms with E-state index in [4.69, 9.17) is 11.5 Å². The minimum Gasteiger partial charge on any atom is -0.391 e. The number of thioether (sulfide) groups is 1. The van der Waals surface area contributed by atoms with E-state index in [9.17, 15) is 5.11 Å². The van der Waals surface area contributed by atoms with E-state index in [0.29, 0.717) is 11.6 Å². The summed E-state index contributed by atoms with van der Waals surface area (Å²) in [6, 6.07) is 3.60. The fourth-order valence-corrected chi connectivity index (χ4v) is 1.55. The normalized spacial score (nSPS) is 12.8. The summed E-state index contributed by atoms with van der Waals surface area (Å²) < 4.78 is 0. The second-order valence-corrected chi connectivity index (χ2v) is 3.71. The van der Waals surface area contributed by atoms with Crippen LogP contribution in [0.2, 0.25) is 0 Å². The number of aromatic nitrogens is 1. The molecular weight excluding hydrogens is 186 g/mol. The van der Waals surface area contributed by atoms with Crippen molar-refractivity contribution in [2.75, 3.05) is 18.0 Å². The SMILES string of the molecule is NCC(O)CSc1ccc(N)nc1. The van der Waals surface area contributed by atoms with Gasteiger partial charge in [-0.1, -0.05) is 0 Å². The summed E-state index contributed by atoms with van der Waals surface area (Å²) in [5.41, 5.74) is 10.7. The van der Waals surface area contributed by atoms with Crippen LogP contribution in [0.1, 0.15) is 0 Å². The third-order valence-corrected chi connectivity index (χ3v) is 2.60. The highest BCUT2D eigenvalue weighted by atomic mass is 32.2. The number of aliphatic hydroxyl groups is 1. The fourth-order valence-electron chi connectivity index (χ4n) is 0.738. The lowest BCUT2D eigenvalue weighted by atomic mass is 10.4. The third-order valence-electron chi connectivity index (χ3n) is 1.47. The second kappa shape index (κ2) is 5.06. The Labute approximate surface area is 81.3 Å². The van der Waals surface area contributed by atoms with Gasteiger partial charge in [-0.3, -0.25) is 0 Å². The number of hydrogen-bond acceptors (Lipinski definition) is 5. The van der Waals surface area contributed by atoms with Gasteiger partial charge in [0.05, 0.1) is 6.10 Å². The van der Waals surface area contributed by atoms with Crippen LogP contribution in [0.4, 0.5) is 5.82 Å². The number of nitrogens with two attached hydrogens (primary N) is 2. The Kier molecular flexibility index (Phi) is 4.01. The van der Waals surface area contributed by atoms with E-state index in [-0.39, 0.29) is 6.54 Å². The molecule has 1 rings (SSSR count). The summed E-state index contributed by atoms with van der Waals surface area (Å²) in [7, 11) is 0. The highest BCUT2D eigenvalue weighted by Gasteiger charge is 2.01. The molecule has 1 aromatic rings. The van der Waals surface area contributed by atoms with Crippen LogP contribution in [-0.2, 0) is 0 Å². The Hall–Kier alpha value is -0.780. The Morgan fingerprint density at radius 1 is 1.54 bits per heavy atom. The van der Waals surface area contributed by atoms with E-state index in [0.717, 1.165) is 4.90 Å². The molecule has 0 aliphatic rings. The van der Waals surface area contributed by atoms with Gasteiger partial charge in [0.15, 0.2) is 0 Å². The number of pyridine rings is 1. The molecular formula is C8H13N3OS. The van der Waals surface area contributed by atoms with Gasteiger partial charge in [-0.25, -0.2) is 4.98 Å². The van der Waals surface area contributed by atoms with E-state index in [1.54, 1.807) is 12.3 Å². The van der Waals surface area contributed by atoms with Crippen molar-refractivity contribution in [3.8, 4) is 0 Å². The lowest BCUT2D eigenvalue weighted by Gasteiger charge is -2.06. The van der Waals surface area contributed by atoms with Gasteiger partial charge in [0, 0.05) is 23.4 Å². The summed E-state index contributed by atoms with van der Waals surface area (Å²) >= 11 is 1.51. The van der Waals surface area contributed by atoms with Crippen LogP contribution in [0.5, 0.6) is 0 Å². The van der Waals surface area contributed by atoms with Gasteiger partial charge in [-0.2, -0.15) is 0 Å². The molecule has 1 heterocycles. The van der Waals surface area contributed by atoms with Crippen LogP contribution in [0.3, 0.4) is 0 Å². The zero-order valence-corrected chi connectivity index (χ0v) is 8.00. The molecule has 0 aliphatic carbocycles. The van der Waals surface area contributed by atoms with Crippen LogP contribution in [-0.4, -0.2) is 28.5 Å². The molecule has 0 radical (unpaired) electrons. The van der Waals surface area contributed by atoms with E-state index in [2.05, 4.69) is 4.98 Å². The standard InChI is InChI=1S/C8H13N3OS/c9-3-6(12)5-13-7-1-2-8(10)11-4-7/h1-2,4,6,12H,3,5,9H2,(H2,10,11). The molecule has 1 unspecified atom stereocenters. The van der Waals surface area contributed by atoms with Gasteiger partial charge in [0.2, 0.25) is 0 Å². The van der Waals surface area contributed by atoms with Crippen molar-refractivity contribution in [2.24, 2.45) is 5.73 Å². The molecule has 13 heavy (non-hydrogen) atoms. The van der Waals surface area contributed by atoms with E-state index in [1.165, 1.54) is 11.8 Å². The van der Waals surface area contributed by atoms with Crippen LogP contribution in [0.25, 0.3) is 0 Å². The number of anilines is 1. The highest BCUT2D eigenvalue weighted by molar-refractivity contribution is 7.99. The molecule has 0 bridgehead atoms. The Bertz CT molecular complexity index is 252. The fraction of sp³-hybridized carbons (Fsp3) is 0.375. The van der Waals surface area contributed by atoms with Gasteiger partial charge in [-0.05, 0) is 12.1 Å². The summed E-state index contributed by atoms with van der Waals surface area (Å²) in [4.78, 5) is 4.91. The van der Waals surface area contributed by atoms with Crippen molar-refractivity contribution in [2.45, 2.75) is 11.0 Å². The van der Waals surface area contributed by atoms with Crippen LogP contribution in [0.15, 0.2) is 23.2 Å². The molecule has 1 aromatic heterocycles. The van der Waals surface area contributed by atoms with Crippen molar-refractivity contribution in [3.05, 3.63) is 18.3 Å². The lowest BCUT2D eigenvalue weighted by Crippen LogP contribution is -2.21. The van der Waals surface area contributed by atoms with Gasteiger partial charge in [0.1, 0.15) is 5.82 Å². The van der Waals surface area contributed by atoms with E-state index < -0.39 is 6.10 Å². The first kappa shape index (κ1) is 10.3. The number of nitrogen functional groups attached to an aromatic ring is 1. The number of rotatable bonds is 4. The predicted octanol–water partition coefficient (Wildman–Crippen LogP) is 0.0755. The second-order valence-electron chi connectivity index (χ2n) is 2.62. The Morgan fingerprint density at radius 3 is 2.85 bits per heavy atom. The molecule has 4 nitrogen and oxygen atoms in total. The van der Waals surface area contributed by atoms with Crippen LogP contribution >= 0.6 is 11.8 Å². The molecule has 0 spiro atoms. The van der Waals surface area contributed by atoms with Crippen LogP contribution in [0, 0.1) is 0 Å². The molecule has 5 N–H and O–H groups in total. The summed E-state index contributed by atoms with van der Waals surface area (Å²) in [5.74, 6) is 1.09. The quantitative estimate of drug-likeness (QED) is 0.598. The smallest absolute Gasteiger partial charge is 0.123 e. The maximum absolute atomic E-state index is 9.18. The first-order valence-electron chi connectivity index (χ1n) is 3.95. The maximum atomic E-state index is 9.18. The molecule has 72 valence electrons. The molecule has 0 saturated carbocycles. The summed E-state index contributed by atoms with van der Waals surface area (Å²) in [6.45, 7) is 0.287. The van der Waals surface area contributed by atoms with Gasteiger partial charge < -0.3 is 16.6 Å². The minimum atomic E-state index is -0.456. The zero-order valence-electron chi connectivity index (χ0n) is 7.18. The Balaban J connectivity index is 2.41. The van der Waals surface area contributed by atoms with E-state index in [1.807, 2.05) is 6.07 Å². The number of hydrogen-bond donors (Lipinski definition) is 3. The average Bonchev–Trinajstić information content (AvgIpc) is 2.16. The van der Waals surface area contributed by atoms with Crippen molar-refractivity contribution in [1.82, 2.24) is 4.98 Å². The van der Waals surface area contributed by atoms with Crippen molar-refractivity contribution >= 4 is 17.6 Å². The first-order valence-corrected chi connectivity index (χ1v) is 4.93. The number of nitrogens with zero attached hydrogens (tertiary/aromatic N) is 1. The zero-order chi connectivity index (χ0) is 9.68. The molecule has 0 aromatic carbocycles. The maximum Gasteiger partial charge on any atom is 0.123 e. The van der Waals surface area contributed by atoms with Crippen LogP contribution < -0.4 is 11.5 Å². The predicted molar refractivity (Wildman–Crippen MR) is 54.4 cm³/mol. The van der Waals surface area contributed by atoms with Crippen molar-refractivity contribution < 1.29 is 5.11 Å². The summed E-state index contributed by atoms with van der Waals surface area (Å²) in [6.07, 6.45) is 1.23. The lowest BCUT2D eigenvalue weighted by molar-refractivity contribution is 0.208. The van der Waals surface area contributed by atoms with Crippen molar-refractivity contribution in [3.63, 3.8) is 0 Å². The van der Waals surface area contributed by atoms with Crippen molar-refractivity contribution in [1.29, 1.82) is 0 Å². The van der Waals surface area contributed by atoms with Gasteiger partial charge in [-0.15, -0.1) is 11.8 Å². The first-order chi connectivity index (χ1) is 6.22. The average molecular weight is 199 g/mol. The molecule has 1 atom stereocenters. The monoisotopic (exact) mass is 199 g/mol. The number of aliphatic hydroxyl groups excluding tert-OH is 1. The molecule has 0 amide bonds. The highest BCUT2D eigenvalue weighted by Crippen LogP contribution is 2.17. The topological polar surface area (TPSA) is 85.2 Å². The molecule has 0 aliphatic heterocycles. The summed E-state index contributed by atoms with van der Waals surface area (Å²) in [5, 5.41) is 9.18. The van der Waals surface area contributed by atoms with Gasteiger partial charge >= 0.3 is 0 Å². The van der Waals surface area contributed by atoms with E-state index >= 15 is 0 Å². The molecule has 0 saturated heterocycles. The largest absolute Gasteiger partial charge is 0.391 e. The Morgan fingerprint density at radius 2 is 2.31 bits per heavy atom. The molecule has 5 heteroatoms. The van der Waals surface area contributed by atoms with Gasteiger partial charge in [0.25, 0.3) is 0 Å².